The molecule has 0 aromatic heterocycles. The number of ether oxygens (including phenoxy) is 1. The van der Waals surface area contributed by atoms with Gasteiger partial charge in [0.25, 0.3) is 0 Å². The molecule has 1 amide bonds. The van der Waals surface area contributed by atoms with Crippen LogP contribution in [0.2, 0.25) is 0 Å². The Balaban J connectivity index is 1.54. The van der Waals surface area contributed by atoms with Crippen LogP contribution in [0.4, 0.5) is 4.79 Å². The van der Waals surface area contributed by atoms with E-state index in [1.807, 2.05) is 24.3 Å². The smallest absolute Gasteiger partial charge is 0.410 e. The maximum Gasteiger partial charge on any atom is 0.413 e. The van der Waals surface area contributed by atoms with Gasteiger partial charge in [-0.1, -0.05) is 54.6 Å². The zero-order chi connectivity index (χ0) is 22.5. The maximum atomic E-state index is 13.0. The van der Waals surface area contributed by atoms with Crippen LogP contribution in [0.1, 0.15) is 49.1 Å². The molecule has 4 rings (SSSR count). The van der Waals surface area contributed by atoms with Gasteiger partial charge in [-0.2, -0.15) is 0 Å². The first-order chi connectivity index (χ1) is 15.5. The highest BCUT2D eigenvalue weighted by Crippen LogP contribution is 2.23. The number of carbonyl (C=O) groups excluding carboxylic acids is 4. The minimum absolute atomic E-state index is 0.0509. The van der Waals surface area contributed by atoms with Crippen molar-refractivity contribution < 1.29 is 23.9 Å². The van der Waals surface area contributed by atoms with Crippen LogP contribution in [0.15, 0.2) is 91.0 Å². The monoisotopic (exact) mass is 425 g/mol. The fraction of sp³-hybridized carbons (Fsp3) is 0.0769. The molecule has 1 N–H and O–H groups in total. The fourth-order valence-corrected chi connectivity index (χ4v) is 3.48. The quantitative estimate of drug-likeness (QED) is 0.577. The lowest BCUT2D eigenvalue weighted by molar-refractivity contribution is 0.0966. The summed E-state index contributed by atoms with van der Waals surface area (Å²) in [5, 5.41) is 2.75. The standard InChI is InChI=1S/C26H19NO5/c28-23-13-14-24(29)21-15-18(11-12-20(21)23)25(30)16-22(17-7-3-1-4-8-17)27-26(31)32-19-9-5-2-6-10-19/h1-15,22H,16H2,(H,27,31)/t22-/m1/s1. The second-order valence-corrected chi connectivity index (χ2v) is 7.26. The molecule has 0 fully saturated rings. The number of carbonyl (C=O) groups is 4. The summed E-state index contributed by atoms with van der Waals surface area (Å²) in [6.07, 6.45) is 1.69. The molecule has 3 aromatic rings. The fourth-order valence-electron chi connectivity index (χ4n) is 3.48. The van der Waals surface area contributed by atoms with Gasteiger partial charge in [0.05, 0.1) is 6.04 Å². The van der Waals surface area contributed by atoms with Gasteiger partial charge in [0, 0.05) is 23.1 Å². The minimum Gasteiger partial charge on any atom is -0.410 e. The number of allylic oxidation sites excluding steroid dienone is 2. The van der Waals surface area contributed by atoms with Crippen LogP contribution in [0.5, 0.6) is 5.75 Å². The molecule has 3 aromatic carbocycles. The van der Waals surface area contributed by atoms with Gasteiger partial charge in [0.15, 0.2) is 17.3 Å². The lowest BCUT2D eigenvalue weighted by Gasteiger charge is -2.19. The van der Waals surface area contributed by atoms with E-state index in [1.165, 1.54) is 30.4 Å². The van der Waals surface area contributed by atoms with E-state index in [2.05, 4.69) is 5.32 Å². The number of hydrogen-bond acceptors (Lipinski definition) is 5. The molecule has 0 bridgehead atoms. The average Bonchev–Trinajstić information content (AvgIpc) is 2.82. The third-order valence-electron chi connectivity index (χ3n) is 5.10. The van der Waals surface area contributed by atoms with Crippen molar-refractivity contribution in [2.75, 3.05) is 0 Å². The summed E-state index contributed by atoms with van der Waals surface area (Å²) >= 11 is 0. The Morgan fingerprint density at radius 3 is 2.09 bits per heavy atom. The molecular weight excluding hydrogens is 406 g/mol. The van der Waals surface area contributed by atoms with E-state index in [0.29, 0.717) is 11.3 Å². The highest BCUT2D eigenvalue weighted by molar-refractivity contribution is 6.22. The average molecular weight is 425 g/mol. The van der Waals surface area contributed by atoms with Crippen molar-refractivity contribution in [2.24, 2.45) is 0 Å². The number of hydrogen-bond donors (Lipinski definition) is 1. The van der Waals surface area contributed by atoms with Gasteiger partial charge in [-0.3, -0.25) is 14.4 Å². The van der Waals surface area contributed by atoms with Crippen LogP contribution in [0.25, 0.3) is 0 Å². The predicted octanol–water partition coefficient (Wildman–Crippen LogP) is 4.72. The van der Waals surface area contributed by atoms with Crippen molar-refractivity contribution in [3.05, 3.63) is 113 Å². The van der Waals surface area contributed by atoms with Crippen molar-refractivity contribution in [3.63, 3.8) is 0 Å². The Hall–Kier alpha value is -4.32. The van der Waals surface area contributed by atoms with Gasteiger partial charge >= 0.3 is 6.09 Å². The molecule has 0 saturated carbocycles. The first-order valence-electron chi connectivity index (χ1n) is 10.0. The lowest BCUT2D eigenvalue weighted by atomic mass is 9.90. The van der Waals surface area contributed by atoms with E-state index in [9.17, 15) is 19.2 Å². The van der Waals surface area contributed by atoms with E-state index in [0.717, 1.165) is 5.56 Å². The first-order valence-corrected chi connectivity index (χ1v) is 10.0. The van der Waals surface area contributed by atoms with E-state index in [-0.39, 0.29) is 34.9 Å². The summed E-state index contributed by atoms with van der Waals surface area (Å²) < 4.78 is 5.30. The third-order valence-corrected chi connectivity index (χ3v) is 5.10. The first kappa shape index (κ1) is 20.9. The van der Waals surface area contributed by atoms with Crippen LogP contribution >= 0.6 is 0 Å². The zero-order valence-corrected chi connectivity index (χ0v) is 17.0. The highest BCUT2D eigenvalue weighted by atomic mass is 16.6. The molecule has 1 aliphatic rings. The molecule has 0 saturated heterocycles. The molecule has 0 unspecified atom stereocenters. The van der Waals surface area contributed by atoms with E-state index >= 15 is 0 Å². The number of para-hydroxylation sites is 1. The molecule has 6 nitrogen and oxygen atoms in total. The summed E-state index contributed by atoms with van der Waals surface area (Å²) in [4.78, 5) is 49.6. The number of rotatable bonds is 6. The number of Topliss-reactive ketones (excluding diaryl/α,β-unsaturated/α-hetero) is 1. The second-order valence-electron chi connectivity index (χ2n) is 7.26. The van der Waals surface area contributed by atoms with Gasteiger partial charge in [-0.05, 0) is 42.0 Å². The van der Waals surface area contributed by atoms with Crippen molar-refractivity contribution in [1.82, 2.24) is 5.32 Å². The largest absolute Gasteiger partial charge is 0.413 e. The molecule has 0 spiro atoms. The van der Waals surface area contributed by atoms with Crippen molar-refractivity contribution in [2.45, 2.75) is 12.5 Å². The molecular formula is C26H19NO5. The Morgan fingerprint density at radius 1 is 0.781 bits per heavy atom. The van der Waals surface area contributed by atoms with Gasteiger partial charge in [0.1, 0.15) is 5.75 Å². The Morgan fingerprint density at radius 2 is 1.41 bits per heavy atom. The Bertz CT molecular complexity index is 1220. The van der Waals surface area contributed by atoms with E-state index in [1.54, 1.807) is 36.4 Å². The summed E-state index contributed by atoms with van der Waals surface area (Å²) in [7, 11) is 0. The summed E-state index contributed by atoms with van der Waals surface area (Å²) in [6.45, 7) is 0. The number of ketones is 3. The topological polar surface area (TPSA) is 89.5 Å². The van der Waals surface area contributed by atoms with Crippen LogP contribution in [0, 0.1) is 0 Å². The molecule has 1 atom stereocenters. The molecule has 1 aliphatic carbocycles. The van der Waals surface area contributed by atoms with E-state index < -0.39 is 12.1 Å². The summed E-state index contributed by atoms with van der Waals surface area (Å²) in [5.41, 5.74) is 1.51. The number of amides is 1. The second kappa shape index (κ2) is 9.22. The van der Waals surface area contributed by atoms with Crippen LogP contribution in [-0.4, -0.2) is 23.4 Å². The normalized spacial score (nSPS) is 13.2. The SMILES string of the molecule is O=C(N[C@H](CC(=O)c1ccc2c(c1)C(=O)C=CC2=O)c1ccccc1)Oc1ccccc1. The third kappa shape index (κ3) is 4.70. The highest BCUT2D eigenvalue weighted by Gasteiger charge is 2.24. The van der Waals surface area contributed by atoms with Crippen molar-refractivity contribution in [1.29, 1.82) is 0 Å². The Labute approximate surface area is 184 Å². The van der Waals surface area contributed by atoms with Crippen molar-refractivity contribution in [3.8, 4) is 5.75 Å². The maximum absolute atomic E-state index is 13.0. The van der Waals surface area contributed by atoms with Crippen molar-refractivity contribution >= 4 is 23.4 Å². The summed E-state index contributed by atoms with van der Waals surface area (Å²) in [6, 6.07) is 21.5. The zero-order valence-electron chi connectivity index (χ0n) is 17.0. The van der Waals surface area contributed by atoms with Crippen LogP contribution < -0.4 is 10.1 Å². The van der Waals surface area contributed by atoms with Crippen LogP contribution in [0.3, 0.4) is 0 Å². The molecule has 0 aliphatic heterocycles. The van der Waals surface area contributed by atoms with Gasteiger partial charge < -0.3 is 10.1 Å². The van der Waals surface area contributed by atoms with Gasteiger partial charge in [-0.25, -0.2) is 4.79 Å². The summed E-state index contributed by atoms with van der Waals surface area (Å²) in [5.74, 6) is -0.491. The number of nitrogens with one attached hydrogen (secondary N) is 1. The Kier molecular flexibility index (Phi) is 6.03. The molecule has 0 heterocycles. The molecule has 0 radical (unpaired) electrons. The lowest BCUT2D eigenvalue weighted by Crippen LogP contribution is -2.32. The molecule has 32 heavy (non-hydrogen) atoms. The van der Waals surface area contributed by atoms with E-state index in [4.69, 9.17) is 4.74 Å². The van der Waals surface area contributed by atoms with Gasteiger partial charge in [0.2, 0.25) is 0 Å². The number of benzene rings is 3. The van der Waals surface area contributed by atoms with Gasteiger partial charge in [-0.15, -0.1) is 0 Å². The number of fused-ring (bicyclic) bond motifs is 1. The van der Waals surface area contributed by atoms with Crippen LogP contribution in [-0.2, 0) is 0 Å². The molecule has 158 valence electrons. The predicted molar refractivity (Wildman–Crippen MR) is 118 cm³/mol. The molecule has 6 heteroatoms. The minimum atomic E-state index is -0.686.